The minimum absolute atomic E-state index is 0.328. The average Bonchev–Trinajstić information content (AvgIpc) is 2.81. The monoisotopic (exact) mass is 249 g/mol. The lowest BCUT2D eigenvalue weighted by Crippen LogP contribution is -2.16. The zero-order valence-corrected chi connectivity index (χ0v) is 10.4. The molecule has 0 saturated heterocycles. The summed E-state index contributed by atoms with van der Waals surface area (Å²) in [6, 6.07) is 6.02. The van der Waals surface area contributed by atoms with Crippen LogP contribution in [0.1, 0.15) is 5.56 Å². The molecule has 2 rings (SSSR count). The van der Waals surface area contributed by atoms with Gasteiger partial charge in [0.2, 0.25) is 6.79 Å². The van der Waals surface area contributed by atoms with E-state index in [9.17, 15) is 0 Å². The smallest absolute Gasteiger partial charge is 0.231 e. The molecule has 1 heterocycles. The summed E-state index contributed by atoms with van der Waals surface area (Å²) >= 11 is 1.77. The predicted molar refractivity (Wildman–Crippen MR) is 70.4 cm³/mol. The van der Waals surface area contributed by atoms with Gasteiger partial charge in [0.25, 0.3) is 0 Å². The third-order valence-corrected chi connectivity index (χ3v) is 3.24. The Morgan fingerprint density at radius 2 is 2.24 bits per heavy atom. The molecular weight excluding hydrogens is 234 g/mol. The molecule has 17 heavy (non-hydrogen) atoms. The molecule has 4 heteroatoms. The predicted octanol–water partition coefficient (Wildman–Crippen LogP) is 1.87. The first-order chi connectivity index (χ1) is 8.40. The highest BCUT2D eigenvalue weighted by Gasteiger charge is 2.12. The van der Waals surface area contributed by atoms with Crippen molar-refractivity contribution in [2.24, 2.45) is 0 Å². The lowest BCUT2D eigenvalue weighted by Gasteiger charge is -2.05. The van der Waals surface area contributed by atoms with E-state index in [1.165, 1.54) is 5.56 Å². The van der Waals surface area contributed by atoms with Gasteiger partial charge in [-0.3, -0.25) is 0 Å². The van der Waals surface area contributed by atoms with E-state index in [-0.39, 0.29) is 0 Å². The van der Waals surface area contributed by atoms with Crippen LogP contribution < -0.4 is 14.8 Å². The fraction of sp³-hybridized carbons (Fsp3) is 0.385. The number of benzene rings is 1. The van der Waals surface area contributed by atoms with Crippen molar-refractivity contribution in [2.45, 2.75) is 6.54 Å². The normalized spacial score (nSPS) is 12.4. The SMILES string of the molecule is C#CCSCCNCc1ccc2c(c1)OCO2. The Morgan fingerprint density at radius 3 is 3.12 bits per heavy atom. The summed E-state index contributed by atoms with van der Waals surface area (Å²) in [6.45, 7) is 2.13. The third kappa shape index (κ3) is 3.58. The summed E-state index contributed by atoms with van der Waals surface area (Å²) in [4.78, 5) is 0. The maximum Gasteiger partial charge on any atom is 0.231 e. The Kier molecular flexibility index (Phi) is 4.60. The van der Waals surface area contributed by atoms with Gasteiger partial charge in [-0.05, 0) is 17.7 Å². The van der Waals surface area contributed by atoms with E-state index in [0.717, 1.165) is 36.1 Å². The molecule has 0 unspecified atom stereocenters. The van der Waals surface area contributed by atoms with Gasteiger partial charge in [-0.25, -0.2) is 0 Å². The van der Waals surface area contributed by atoms with Gasteiger partial charge in [0, 0.05) is 18.8 Å². The molecule has 1 aliphatic heterocycles. The molecule has 1 aromatic rings. The highest BCUT2D eigenvalue weighted by Crippen LogP contribution is 2.32. The van der Waals surface area contributed by atoms with Crippen LogP contribution in [0.25, 0.3) is 0 Å². The van der Waals surface area contributed by atoms with Crippen molar-refractivity contribution in [3.63, 3.8) is 0 Å². The van der Waals surface area contributed by atoms with Gasteiger partial charge in [0.15, 0.2) is 11.5 Å². The molecule has 0 saturated carbocycles. The summed E-state index contributed by atoms with van der Waals surface area (Å²) in [7, 11) is 0. The van der Waals surface area contributed by atoms with Crippen LogP contribution in [0, 0.1) is 12.3 Å². The van der Waals surface area contributed by atoms with Gasteiger partial charge >= 0.3 is 0 Å². The fourth-order valence-corrected chi connectivity index (χ4v) is 2.11. The molecule has 0 bridgehead atoms. The molecule has 3 nitrogen and oxygen atoms in total. The van der Waals surface area contributed by atoms with E-state index >= 15 is 0 Å². The number of hydrogen-bond acceptors (Lipinski definition) is 4. The van der Waals surface area contributed by atoms with Crippen LogP contribution in [-0.2, 0) is 6.54 Å². The number of rotatable bonds is 6. The molecule has 0 amide bonds. The van der Waals surface area contributed by atoms with E-state index in [0.29, 0.717) is 6.79 Å². The highest BCUT2D eigenvalue weighted by molar-refractivity contribution is 7.99. The van der Waals surface area contributed by atoms with Crippen LogP contribution in [-0.4, -0.2) is 24.8 Å². The second-order valence-electron chi connectivity index (χ2n) is 3.62. The molecule has 1 N–H and O–H groups in total. The molecule has 0 radical (unpaired) electrons. The van der Waals surface area contributed by atoms with Gasteiger partial charge in [-0.15, -0.1) is 18.2 Å². The zero-order valence-electron chi connectivity index (χ0n) is 9.57. The van der Waals surface area contributed by atoms with Crippen molar-refractivity contribution in [2.75, 3.05) is 24.8 Å². The number of ether oxygens (including phenoxy) is 2. The third-order valence-electron chi connectivity index (χ3n) is 2.37. The standard InChI is InChI=1S/C13H15NO2S/c1-2-6-17-7-5-14-9-11-3-4-12-13(8-11)16-10-15-12/h1,3-4,8,14H,5-7,9-10H2. The molecule has 0 aliphatic carbocycles. The van der Waals surface area contributed by atoms with Crippen LogP contribution in [0.15, 0.2) is 18.2 Å². The molecule has 0 aromatic heterocycles. The van der Waals surface area contributed by atoms with Crippen molar-refractivity contribution in [1.29, 1.82) is 0 Å². The maximum atomic E-state index is 5.32. The molecule has 1 aliphatic rings. The van der Waals surface area contributed by atoms with Crippen LogP contribution in [0.3, 0.4) is 0 Å². The maximum absolute atomic E-state index is 5.32. The summed E-state index contributed by atoms with van der Waals surface area (Å²) in [5.41, 5.74) is 1.20. The first kappa shape index (κ1) is 12.2. The summed E-state index contributed by atoms with van der Waals surface area (Å²) < 4.78 is 10.6. The minimum atomic E-state index is 0.328. The first-order valence-electron chi connectivity index (χ1n) is 5.50. The van der Waals surface area contributed by atoms with Crippen molar-refractivity contribution >= 4 is 11.8 Å². The van der Waals surface area contributed by atoms with Crippen molar-refractivity contribution in [3.8, 4) is 23.8 Å². The summed E-state index contributed by atoms with van der Waals surface area (Å²) in [5.74, 6) is 6.10. The minimum Gasteiger partial charge on any atom is -0.454 e. The molecule has 0 fully saturated rings. The molecule has 0 spiro atoms. The van der Waals surface area contributed by atoms with E-state index < -0.39 is 0 Å². The Bertz CT molecular complexity index is 414. The lowest BCUT2D eigenvalue weighted by molar-refractivity contribution is 0.174. The lowest BCUT2D eigenvalue weighted by atomic mass is 10.2. The van der Waals surface area contributed by atoms with Gasteiger partial charge in [-0.2, -0.15) is 0 Å². The quantitative estimate of drug-likeness (QED) is 0.616. The van der Waals surface area contributed by atoms with Crippen molar-refractivity contribution in [1.82, 2.24) is 5.32 Å². The Morgan fingerprint density at radius 1 is 1.35 bits per heavy atom. The number of nitrogens with one attached hydrogen (secondary N) is 1. The average molecular weight is 249 g/mol. The molecule has 90 valence electrons. The van der Waals surface area contributed by atoms with E-state index in [2.05, 4.69) is 17.3 Å². The molecular formula is C13H15NO2S. The summed E-state index contributed by atoms with van der Waals surface area (Å²) in [6.07, 6.45) is 5.17. The number of hydrogen-bond donors (Lipinski definition) is 1. The van der Waals surface area contributed by atoms with Crippen molar-refractivity contribution < 1.29 is 9.47 Å². The van der Waals surface area contributed by atoms with Crippen molar-refractivity contribution in [3.05, 3.63) is 23.8 Å². The first-order valence-corrected chi connectivity index (χ1v) is 6.66. The fourth-order valence-electron chi connectivity index (χ4n) is 1.56. The van der Waals surface area contributed by atoms with Gasteiger partial charge in [-0.1, -0.05) is 12.0 Å². The van der Waals surface area contributed by atoms with E-state index in [1.54, 1.807) is 11.8 Å². The van der Waals surface area contributed by atoms with E-state index in [4.69, 9.17) is 15.9 Å². The van der Waals surface area contributed by atoms with Crippen LogP contribution in [0.2, 0.25) is 0 Å². The number of thioether (sulfide) groups is 1. The van der Waals surface area contributed by atoms with Crippen LogP contribution in [0.4, 0.5) is 0 Å². The molecule has 1 aromatic carbocycles. The Hall–Kier alpha value is -1.31. The topological polar surface area (TPSA) is 30.5 Å². The second kappa shape index (κ2) is 6.43. The Labute approximate surface area is 106 Å². The number of fused-ring (bicyclic) bond motifs is 1. The highest BCUT2D eigenvalue weighted by atomic mass is 32.2. The second-order valence-corrected chi connectivity index (χ2v) is 4.73. The number of terminal acetylenes is 1. The zero-order chi connectivity index (χ0) is 11.9. The van der Waals surface area contributed by atoms with Gasteiger partial charge in [0.05, 0.1) is 5.75 Å². The van der Waals surface area contributed by atoms with Gasteiger partial charge in [0.1, 0.15) is 0 Å². The largest absolute Gasteiger partial charge is 0.454 e. The van der Waals surface area contributed by atoms with E-state index in [1.807, 2.05) is 12.1 Å². The van der Waals surface area contributed by atoms with Gasteiger partial charge < -0.3 is 14.8 Å². The Balaban J connectivity index is 1.71. The summed E-state index contributed by atoms with van der Waals surface area (Å²) in [5, 5.41) is 3.37. The molecule has 0 atom stereocenters. The van der Waals surface area contributed by atoms with Crippen LogP contribution >= 0.6 is 11.8 Å². The van der Waals surface area contributed by atoms with Crippen LogP contribution in [0.5, 0.6) is 11.5 Å².